The summed E-state index contributed by atoms with van der Waals surface area (Å²) in [5.74, 6) is 0.807. The maximum absolute atomic E-state index is 12.7. The van der Waals surface area contributed by atoms with Crippen LogP contribution in [0.1, 0.15) is 29.3 Å². The number of hydrazone groups is 1. The molecule has 0 aromatic heterocycles. The van der Waals surface area contributed by atoms with E-state index in [9.17, 15) is 9.59 Å². The first-order chi connectivity index (χ1) is 18.0. The molecule has 1 unspecified atom stereocenters. The van der Waals surface area contributed by atoms with Crippen molar-refractivity contribution < 1.29 is 23.8 Å². The van der Waals surface area contributed by atoms with Gasteiger partial charge in [0.1, 0.15) is 17.2 Å². The van der Waals surface area contributed by atoms with Crippen molar-refractivity contribution in [2.75, 3.05) is 7.11 Å². The summed E-state index contributed by atoms with van der Waals surface area (Å²) in [5, 5.41) is 6.12. The molecule has 0 fully saturated rings. The Kier molecular flexibility index (Phi) is 8.53. The minimum Gasteiger partial charge on any atom is -0.497 e. The zero-order valence-electron chi connectivity index (χ0n) is 20.3. The molecule has 4 rings (SSSR count). The van der Waals surface area contributed by atoms with Gasteiger partial charge in [0.2, 0.25) is 0 Å². The molecule has 0 heterocycles. The molecular formula is C29H25BrN2O5. The van der Waals surface area contributed by atoms with Crippen LogP contribution in [0.15, 0.2) is 94.5 Å². The highest BCUT2D eigenvalue weighted by Gasteiger charge is 2.19. The summed E-state index contributed by atoms with van der Waals surface area (Å²) in [7, 11) is 1.56. The Morgan fingerprint density at radius 1 is 0.946 bits per heavy atom. The van der Waals surface area contributed by atoms with Crippen LogP contribution in [0, 0.1) is 0 Å². The molecule has 0 radical (unpaired) electrons. The first kappa shape index (κ1) is 25.9. The number of hydrogen-bond acceptors (Lipinski definition) is 6. The molecule has 0 aliphatic carbocycles. The van der Waals surface area contributed by atoms with Crippen molar-refractivity contribution in [2.45, 2.75) is 19.4 Å². The van der Waals surface area contributed by atoms with Crippen molar-refractivity contribution in [3.63, 3.8) is 0 Å². The third-order valence-electron chi connectivity index (χ3n) is 5.57. The van der Waals surface area contributed by atoms with Crippen LogP contribution in [0.3, 0.4) is 0 Å². The molecule has 1 amide bonds. The number of benzene rings is 4. The molecule has 0 aliphatic rings. The summed E-state index contributed by atoms with van der Waals surface area (Å²) in [5.41, 5.74) is 3.66. The van der Waals surface area contributed by atoms with Crippen molar-refractivity contribution in [3.05, 3.63) is 101 Å². The number of esters is 1. The molecule has 188 valence electrons. The number of rotatable bonds is 9. The molecule has 1 N–H and O–H groups in total. The van der Waals surface area contributed by atoms with E-state index in [0.717, 1.165) is 20.8 Å². The summed E-state index contributed by atoms with van der Waals surface area (Å²) in [6.07, 6.45) is 1.26. The maximum Gasteiger partial charge on any atom is 0.343 e. The van der Waals surface area contributed by atoms with Gasteiger partial charge in [-0.25, -0.2) is 10.2 Å². The minimum absolute atomic E-state index is 0.358. The van der Waals surface area contributed by atoms with Gasteiger partial charge in [-0.05, 0) is 93.3 Å². The molecule has 1 atom stereocenters. The maximum atomic E-state index is 12.7. The van der Waals surface area contributed by atoms with Crippen LogP contribution in [0.5, 0.6) is 17.2 Å². The number of halogens is 1. The summed E-state index contributed by atoms with van der Waals surface area (Å²) in [6.45, 7) is 1.87. The van der Waals surface area contributed by atoms with Crippen LogP contribution in [0.4, 0.5) is 0 Å². The second kappa shape index (κ2) is 12.2. The predicted octanol–water partition coefficient (Wildman–Crippen LogP) is 6.14. The molecule has 0 bridgehead atoms. The highest BCUT2D eigenvalue weighted by atomic mass is 79.9. The second-order valence-corrected chi connectivity index (χ2v) is 8.83. The molecule has 8 heteroatoms. The van der Waals surface area contributed by atoms with Gasteiger partial charge in [0.05, 0.1) is 23.4 Å². The Balaban J connectivity index is 1.32. The van der Waals surface area contributed by atoms with Gasteiger partial charge in [-0.2, -0.15) is 5.10 Å². The number of hydrogen-bond donors (Lipinski definition) is 1. The fraction of sp³-hybridized carbons (Fsp3) is 0.138. The van der Waals surface area contributed by atoms with Crippen LogP contribution in [0.25, 0.3) is 10.8 Å². The van der Waals surface area contributed by atoms with Gasteiger partial charge in [-0.15, -0.1) is 0 Å². The van der Waals surface area contributed by atoms with E-state index in [4.69, 9.17) is 14.2 Å². The second-order valence-electron chi connectivity index (χ2n) is 8.03. The van der Waals surface area contributed by atoms with Crippen LogP contribution >= 0.6 is 15.9 Å². The molecule has 0 saturated carbocycles. The lowest BCUT2D eigenvalue weighted by Gasteiger charge is -2.17. The molecule has 0 saturated heterocycles. The van der Waals surface area contributed by atoms with Crippen molar-refractivity contribution in [3.8, 4) is 17.2 Å². The lowest BCUT2D eigenvalue weighted by molar-refractivity contribution is -0.128. The standard InChI is InChI=1S/C29H25BrN2O5/c1-3-25(37-26-17-12-20-6-4-5-7-24(20)27(26)30)28(33)32-31-18-19-8-13-23(14-9-19)36-29(34)21-10-15-22(35-2)16-11-21/h4-18,25H,3H2,1-2H3,(H,32,33)/b31-18+. The van der Waals surface area contributed by atoms with Gasteiger partial charge >= 0.3 is 5.97 Å². The first-order valence-electron chi connectivity index (χ1n) is 11.6. The number of nitrogens with one attached hydrogen (secondary N) is 1. The normalized spacial score (nSPS) is 11.8. The Morgan fingerprint density at radius 3 is 2.35 bits per heavy atom. The van der Waals surface area contributed by atoms with E-state index in [-0.39, 0.29) is 5.91 Å². The number of methoxy groups -OCH3 is 1. The molecular weight excluding hydrogens is 536 g/mol. The Bertz CT molecular complexity index is 1420. The van der Waals surface area contributed by atoms with E-state index in [1.165, 1.54) is 6.21 Å². The Morgan fingerprint density at radius 2 is 1.65 bits per heavy atom. The van der Waals surface area contributed by atoms with Crippen molar-refractivity contribution in [2.24, 2.45) is 5.10 Å². The highest BCUT2D eigenvalue weighted by Crippen LogP contribution is 2.33. The van der Waals surface area contributed by atoms with Gasteiger partial charge in [0.25, 0.3) is 5.91 Å². The summed E-state index contributed by atoms with van der Waals surface area (Å²) in [6, 6.07) is 25.1. The van der Waals surface area contributed by atoms with Gasteiger partial charge in [0.15, 0.2) is 6.10 Å². The third-order valence-corrected chi connectivity index (χ3v) is 6.38. The van der Waals surface area contributed by atoms with E-state index in [0.29, 0.717) is 29.2 Å². The van der Waals surface area contributed by atoms with Crippen LogP contribution in [-0.4, -0.2) is 31.3 Å². The highest BCUT2D eigenvalue weighted by molar-refractivity contribution is 9.10. The van der Waals surface area contributed by atoms with E-state index in [1.54, 1.807) is 55.6 Å². The summed E-state index contributed by atoms with van der Waals surface area (Å²) in [4.78, 5) is 25.0. The quantitative estimate of drug-likeness (QED) is 0.115. The van der Waals surface area contributed by atoms with Gasteiger partial charge in [0, 0.05) is 0 Å². The monoisotopic (exact) mass is 560 g/mol. The number of fused-ring (bicyclic) bond motifs is 1. The van der Waals surface area contributed by atoms with E-state index in [1.807, 2.05) is 43.3 Å². The molecule has 4 aromatic carbocycles. The van der Waals surface area contributed by atoms with E-state index >= 15 is 0 Å². The zero-order valence-corrected chi connectivity index (χ0v) is 21.9. The lowest BCUT2D eigenvalue weighted by atomic mass is 10.1. The zero-order chi connectivity index (χ0) is 26.2. The Hall–Kier alpha value is -4.17. The van der Waals surface area contributed by atoms with Gasteiger partial charge in [-0.3, -0.25) is 4.79 Å². The topological polar surface area (TPSA) is 86.2 Å². The van der Waals surface area contributed by atoms with Gasteiger partial charge in [-0.1, -0.05) is 37.3 Å². The summed E-state index contributed by atoms with van der Waals surface area (Å²) >= 11 is 3.59. The van der Waals surface area contributed by atoms with Crippen LogP contribution in [0.2, 0.25) is 0 Å². The smallest absolute Gasteiger partial charge is 0.343 e. The first-order valence-corrected chi connectivity index (χ1v) is 12.4. The average molecular weight is 561 g/mol. The van der Waals surface area contributed by atoms with Crippen LogP contribution < -0.4 is 19.6 Å². The number of amides is 1. The number of carbonyl (C=O) groups is 2. The number of ether oxygens (including phenoxy) is 3. The van der Waals surface area contributed by atoms with Crippen LogP contribution in [-0.2, 0) is 4.79 Å². The Labute approximate surface area is 223 Å². The molecule has 37 heavy (non-hydrogen) atoms. The molecule has 0 aliphatic heterocycles. The molecule has 7 nitrogen and oxygen atoms in total. The third kappa shape index (κ3) is 6.54. The lowest BCUT2D eigenvalue weighted by Crippen LogP contribution is -2.35. The van der Waals surface area contributed by atoms with Crippen molar-refractivity contribution >= 4 is 44.8 Å². The SMILES string of the molecule is CCC(Oc1ccc2ccccc2c1Br)C(=O)N/N=C/c1ccc(OC(=O)c2ccc(OC)cc2)cc1. The largest absolute Gasteiger partial charge is 0.497 e. The van der Waals surface area contributed by atoms with Crippen molar-refractivity contribution in [1.29, 1.82) is 0 Å². The fourth-order valence-corrected chi connectivity index (χ4v) is 4.12. The van der Waals surface area contributed by atoms with E-state index < -0.39 is 12.1 Å². The van der Waals surface area contributed by atoms with Crippen molar-refractivity contribution in [1.82, 2.24) is 5.43 Å². The number of nitrogens with zero attached hydrogens (tertiary/aromatic N) is 1. The molecule has 0 spiro atoms. The predicted molar refractivity (Wildman–Crippen MR) is 146 cm³/mol. The summed E-state index contributed by atoms with van der Waals surface area (Å²) < 4.78 is 17.3. The van der Waals surface area contributed by atoms with Gasteiger partial charge < -0.3 is 14.2 Å². The molecule has 4 aromatic rings. The fourth-order valence-electron chi connectivity index (χ4n) is 3.54. The number of carbonyl (C=O) groups excluding carboxylic acids is 2. The average Bonchev–Trinajstić information content (AvgIpc) is 2.93. The van der Waals surface area contributed by atoms with E-state index in [2.05, 4.69) is 26.5 Å². The minimum atomic E-state index is -0.714.